The molecule has 0 aliphatic carbocycles. The van der Waals surface area contributed by atoms with E-state index in [1.54, 1.807) is 0 Å². The Morgan fingerprint density at radius 1 is 1.50 bits per heavy atom. The van der Waals surface area contributed by atoms with Gasteiger partial charge in [0, 0.05) is 0 Å². The van der Waals surface area contributed by atoms with Crippen LogP contribution < -0.4 is 15.2 Å². The van der Waals surface area contributed by atoms with Crippen LogP contribution in [0.25, 0.3) is 0 Å². The molecule has 0 spiro atoms. The van der Waals surface area contributed by atoms with Crippen LogP contribution in [0.3, 0.4) is 0 Å². The second-order valence-corrected chi connectivity index (χ2v) is 3.54. The standard InChI is InChI=1S/C10H8ClNO4/c11-7-1-5(8(14)2-12)9-10(6(7)3-13)16-4-15-9/h1,3H,2,4,12H2. The summed E-state index contributed by atoms with van der Waals surface area (Å²) >= 11 is 5.85. The third-order valence-corrected chi connectivity index (χ3v) is 2.55. The van der Waals surface area contributed by atoms with Crippen molar-refractivity contribution < 1.29 is 19.1 Å². The number of Topliss-reactive ketones (excluding diaryl/α,β-unsaturated/α-hetero) is 1. The smallest absolute Gasteiger partial charge is 0.231 e. The summed E-state index contributed by atoms with van der Waals surface area (Å²) in [5.41, 5.74) is 5.68. The third-order valence-electron chi connectivity index (χ3n) is 2.23. The summed E-state index contributed by atoms with van der Waals surface area (Å²) in [5.74, 6) is 0.127. The van der Waals surface area contributed by atoms with Gasteiger partial charge in [0.25, 0.3) is 0 Å². The first-order chi connectivity index (χ1) is 7.69. The van der Waals surface area contributed by atoms with Crippen LogP contribution in [0.15, 0.2) is 6.07 Å². The average molecular weight is 242 g/mol. The zero-order chi connectivity index (χ0) is 11.7. The van der Waals surface area contributed by atoms with Crippen LogP contribution in [-0.4, -0.2) is 25.4 Å². The maximum absolute atomic E-state index is 11.5. The Labute approximate surface area is 96.1 Å². The minimum atomic E-state index is -0.318. The summed E-state index contributed by atoms with van der Waals surface area (Å²) in [6.45, 7) is -0.200. The van der Waals surface area contributed by atoms with Crippen molar-refractivity contribution >= 4 is 23.7 Å². The normalized spacial score (nSPS) is 12.6. The van der Waals surface area contributed by atoms with E-state index in [0.717, 1.165) is 0 Å². The van der Waals surface area contributed by atoms with Gasteiger partial charge in [-0.3, -0.25) is 9.59 Å². The summed E-state index contributed by atoms with van der Waals surface area (Å²) in [4.78, 5) is 22.3. The number of rotatable bonds is 3. The first-order valence-electron chi connectivity index (χ1n) is 4.49. The number of carbonyl (C=O) groups excluding carboxylic acids is 2. The predicted octanol–water partition coefficient (Wildman–Crippen LogP) is 1.02. The van der Waals surface area contributed by atoms with Crippen molar-refractivity contribution in [1.29, 1.82) is 0 Å². The molecule has 0 amide bonds. The zero-order valence-corrected chi connectivity index (χ0v) is 8.91. The fourth-order valence-corrected chi connectivity index (χ4v) is 1.72. The summed E-state index contributed by atoms with van der Waals surface area (Å²) < 4.78 is 10.2. The number of aldehydes is 1. The topological polar surface area (TPSA) is 78.6 Å². The molecule has 1 aliphatic heterocycles. The molecule has 2 N–H and O–H groups in total. The Hall–Kier alpha value is -1.59. The lowest BCUT2D eigenvalue weighted by Gasteiger charge is -2.06. The number of hydrogen-bond donors (Lipinski definition) is 1. The molecule has 2 rings (SSSR count). The number of benzene rings is 1. The number of carbonyl (C=O) groups is 2. The van der Waals surface area contributed by atoms with E-state index in [1.807, 2.05) is 0 Å². The summed E-state index contributed by atoms with van der Waals surface area (Å²) in [6, 6.07) is 1.37. The second kappa shape index (κ2) is 4.11. The van der Waals surface area contributed by atoms with Crippen LogP contribution in [0, 0.1) is 0 Å². The van der Waals surface area contributed by atoms with Crippen molar-refractivity contribution in [2.75, 3.05) is 13.3 Å². The first-order valence-corrected chi connectivity index (χ1v) is 4.87. The van der Waals surface area contributed by atoms with Gasteiger partial charge in [0.15, 0.2) is 23.6 Å². The largest absolute Gasteiger partial charge is 0.453 e. The lowest BCUT2D eigenvalue weighted by atomic mass is 10.1. The fourth-order valence-electron chi connectivity index (χ4n) is 1.48. The van der Waals surface area contributed by atoms with Gasteiger partial charge in [0.05, 0.1) is 22.7 Å². The SMILES string of the molecule is NCC(=O)c1cc(Cl)c(C=O)c2c1OCO2. The molecule has 1 aromatic rings. The number of hydrogen-bond acceptors (Lipinski definition) is 5. The van der Waals surface area contributed by atoms with Crippen molar-refractivity contribution in [3.8, 4) is 11.5 Å². The highest BCUT2D eigenvalue weighted by molar-refractivity contribution is 6.34. The minimum absolute atomic E-state index is 0.0403. The molecule has 1 aromatic carbocycles. The highest BCUT2D eigenvalue weighted by Crippen LogP contribution is 2.41. The van der Waals surface area contributed by atoms with Gasteiger partial charge in [-0.15, -0.1) is 0 Å². The van der Waals surface area contributed by atoms with Crippen molar-refractivity contribution in [2.45, 2.75) is 0 Å². The van der Waals surface area contributed by atoms with Gasteiger partial charge in [-0.1, -0.05) is 11.6 Å². The van der Waals surface area contributed by atoms with Crippen molar-refractivity contribution in [3.63, 3.8) is 0 Å². The molecule has 0 bridgehead atoms. The lowest BCUT2D eigenvalue weighted by Crippen LogP contribution is -2.14. The van der Waals surface area contributed by atoms with E-state index in [-0.39, 0.29) is 46.8 Å². The Morgan fingerprint density at radius 3 is 2.81 bits per heavy atom. The highest BCUT2D eigenvalue weighted by Gasteiger charge is 2.26. The fraction of sp³-hybridized carbons (Fsp3) is 0.200. The Morgan fingerprint density at radius 2 is 2.19 bits per heavy atom. The molecule has 0 atom stereocenters. The van der Waals surface area contributed by atoms with Crippen LogP contribution in [0.4, 0.5) is 0 Å². The number of ether oxygens (including phenoxy) is 2. The average Bonchev–Trinajstić information content (AvgIpc) is 2.75. The van der Waals surface area contributed by atoms with Crippen LogP contribution in [0.5, 0.6) is 11.5 Å². The van der Waals surface area contributed by atoms with Gasteiger partial charge in [0.1, 0.15) is 0 Å². The Balaban J connectivity index is 2.66. The zero-order valence-electron chi connectivity index (χ0n) is 8.16. The maximum atomic E-state index is 11.5. The van der Waals surface area contributed by atoms with Gasteiger partial charge in [-0.25, -0.2) is 0 Å². The maximum Gasteiger partial charge on any atom is 0.231 e. The number of fused-ring (bicyclic) bond motifs is 1. The van der Waals surface area contributed by atoms with Crippen LogP contribution >= 0.6 is 11.6 Å². The molecule has 84 valence electrons. The number of halogens is 1. The van der Waals surface area contributed by atoms with Crippen molar-refractivity contribution in [3.05, 3.63) is 22.2 Å². The Bertz CT molecular complexity index is 472. The molecular weight excluding hydrogens is 234 g/mol. The van der Waals surface area contributed by atoms with E-state index in [2.05, 4.69) is 0 Å². The Kier molecular flexibility index (Phi) is 2.80. The minimum Gasteiger partial charge on any atom is -0.453 e. The van der Waals surface area contributed by atoms with Gasteiger partial charge >= 0.3 is 0 Å². The molecule has 6 heteroatoms. The van der Waals surface area contributed by atoms with E-state index in [9.17, 15) is 9.59 Å². The molecule has 0 fully saturated rings. The summed E-state index contributed by atoms with van der Waals surface area (Å²) in [6.07, 6.45) is 0.562. The molecule has 0 saturated heterocycles. The van der Waals surface area contributed by atoms with E-state index in [0.29, 0.717) is 6.29 Å². The van der Waals surface area contributed by atoms with Crippen LogP contribution in [0.2, 0.25) is 5.02 Å². The van der Waals surface area contributed by atoms with E-state index in [4.69, 9.17) is 26.8 Å². The molecule has 1 heterocycles. The monoisotopic (exact) mass is 241 g/mol. The van der Waals surface area contributed by atoms with Crippen molar-refractivity contribution in [2.24, 2.45) is 5.73 Å². The first kappa shape index (κ1) is 10.9. The highest BCUT2D eigenvalue weighted by atomic mass is 35.5. The van der Waals surface area contributed by atoms with Crippen LogP contribution in [-0.2, 0) is 0 Å². The molecule has 5 nitrogen and oxygen atoms in total. The summed E-state index contributed by atoms with van der Waals surface area (Å²) in [5, 5.41) is 0.149. The van der Waals surface area contributed by atoms with E-state index < -0.39 is 0 Å². The van der Waals surface area contributed by atoms with Gasteiger partial charge in [0.2, 0.25) is 6.79 Å². The van der Waals surface area contributed by atoms with Gasteiger partial charge in [-0.2, -0.15) is 0 Å². The molecule has 16 heavy (non-hydrogen) atoms. The number of nitrogens with two attached hydrogens (primary N) is 1. The summed E-state index contributed by atoms with van der Waals surface area (Å²) in [7, 11) is 0. The van der Waals surface area contributed by atoms with Crippen molar-refractivity contribution in [1.82, 2.24) is 0 Å². The quantitative estimate of drug-likeness (QED) is 0.631. The lowest BCUT2D eigenvalue weighted by molar-refractivity contribution is 0.0996. The molecule has 0 radical (unpaired) electrons. The molecular formula is C10H8ClNO4. The molecule has 0 unspecified atom stereocenters. The predicted molar refractivity (Wildman–Crippen MR) is 56.3 cm³/mol. The van der Waals surface area contributed by atoms with Gasteiger partial charge in [-0.05, 0) is 6.07 Å². The van der Waals surface area contributed by atoms with E-state index in [1.165, 1.54) is 6.07 Å². The second-order valence-electron chi connectivity index (χ2n) is 3.13. The van der Waals surface area contributed by atoms with Gasteiger partial charge < -0.3 is 15.2 Å². The molecule has 0 saturated carbocycles. The number of ketones is 1. The van der Waals surface area contributed by atoms with Crippen LogP contribution in [0.1, 0.15) is 20.7 Å². The molecule has 1 aliphatic rings. The third kappa shape index (κ3) is 1.54. The molecule has 0 aromatic heterocycles. The van der Waals surface area contributed by atoms with E-state index >= 15 is 0 Å².